The van der Waals surface area contributed by atoms with Crippen molar-refractivity contribution in [3.63, 3.8) is 0 Å². The van der Waals surface area contributed by atoms with E-state index >= 15 is 0 Å². The van der Waals surface area contributed by atoms with Crippen LogP contribution in [0.1, 0.15) is 37.6 Å². The maximum Gasteiger partial charge on any atom is 0.227 e. The Morgan fingerprint density at radius 2 is 2.00 bits per heavy atom. The molecule has 0 aliphatic heterocycles. The highest BCUT2D eigenvalue weighted by Gasteiger charge is 2.12. The van der Waals surface area contributed by atoms with Gasteiger partial charge in [0.25, 0.3) is 0 Å². The van der Waals surface area contributed by atoms with E-state index in [4.69, 9.17) is 9.26 Å². The van der Waals surface area contributed by atoms with Crippen LogP contribution in [0.5, 0.6) is 5.75 Å². The van der Waals surface area contributed by atoms with Gasteiger partial charge in [0, 0.05) is 24.8 Å². The Hall–Kier alpha value is -2.81. The lowest BCUT2D eigenvalue weighted by molar-refractivity contribution is -0.116. The van der Waals surface area contributed by atoms with E-state index in [-0.39, 0.29) is 12.3 Å². The van der Waals surface area contributed by atoms with Crippen molar-refractivity contribution in [1.82, 2.24) is 20.3 Å². The average Bonchev–Trinajstić information content (AvgIpc) is 3.31. The monoisotopic (exact) mass is 387 g/mol. The molecule has 8 nitrogen and oxygen atoms in total. The second-order valence-corrected chi connectivity index (χ2v) is 6.83. The molecule has 2 heterocycles. The van der Waals surface area contributed by atoms with Crippen molar-refractivity contribution in [2.75, 3.05) is 11.9 Å². The van der Waals surface area contributed by atoms with Crippen molar-refractivity contribution in [3.05, 3.63) is 35.2 Å². The zero-order valence-corrected chi connectivity index (χ0v) is 16.1. The SMILES string of the molecule is CCCc1nnc(NC(=O)CCc2nc(-c3ccc(OCC)cc3)no2)s1. The summed E-state index contributed by atoms with van der Waals surface area (Å²) in [6, 6.07) is 7.46. The number of amides is 1. The van der Waals surface area contributed by atoms with Crippen LogP contribution in [0.25, 0.3) is 11.4 Å². The van der Waals surface area contributed by atoms with E-state index < -0.39 is 0 Å². The van der Waals surface area contributed by atoms with E-state index in [2.05, 4.69) is 32.6 Å². The summed E-state index contributed by atoms with van der Waals surface area (Å²) in [5.41, 5.74) is 0.829. The maximum absolute atomic E-state index is 12.1. The van der Waals surface area contributed by atoms with Gasteiger partial charge >= 0.3 is 0 Å². The summed E-state index contributed by atoms with van der Waals surface area (Å²) >= 11 is 1.40. The zero-order chi connectivity index (χ0) is 19.1. The Balaban J connectivity index is 1.51. The summed E-state index contributed by atoms with van der Waals surface area (Å²) in [5, 5.41) is 16.2. The van der Waals surface area contributed by atoms with Crippen LogP contribution in [-0.2, 0) is 17.6 Å². The van der Waals surface area contributed by atoms with Crippen LogP contribution in [-0.4, -0.2) is 32.9 Å². The van der Waals surface area contributed by atoms with Crippen LogP contribution < -0.4 is 10.1 Å². The van der Waals surface area contributed by atoms with E-state index in [1.807, 2.05) is 31.2 Å². The second-order valence-electron chi connectivity index (χ2n) is 5.77. The molecule has 0 saturated carbocycles. The molecule has 3 rings (SSSR count). The number of nitrogens with one attached hydrogen (secondary N) is 1. The molecule has 1 amide bonds. The third-order valence-electron chi connectivity index (χ3n) is 3.63. The molecule has 0 atom stereocenters. The molecule has 1 N–H and O–H groups in total. The smallest absolute Gasteiger partial charge is 0.227 e. The summed E-state index contributed by atoms with van der Waals surface area (Å²) in [6.07, 6.45) is 2.45. The Kier molecular flexibility index (Phi) is 6.48. The first-order valence-electron chi connectivity index (χ1n) is 8.86. The topological polar surface area (TPSA) is 103 Å². The van der Waals surface area contributed by atoms with Gasteiger partial charge in [0.15, 0.2) is 0 Å². The number of carbonyl (C=O) groups is 1. The van der Waals surface area contributed by atoms with E-state index in [1.54, 1.807) is 0 Å². The fourth-order valence-electron chi connectivity index (χ4n) is 2.36. The van der Waals surface area contributed by atoms with Crippen LogP contribution in [0, 0.1) is 0 Å². The van der Waals surface area contributed by atoms with E-state index in [0.29, 0.717) is 29.9 Å². The summed E-state index contributed by atoms with van der Waals surface area (Å²) in [4.78, 5) is 16.4. The molecule has 1 aromatic carbocycles. The average molecular weight is 387 g/mol. The van der Waals surface area contributed by atoms with Crippen molar-refractivity contribution >= 4 is 22.4 Å². The van der Waals surface area contributed by atoms with Gasteiger partial charge in [-0.25, -0.2) is 0 Å². The number of benzene rings is 1. The van der Waals surface area contributed by atoms with Crippen LogP contribution in [0.4, 0.5) is 5.13 Å². The molecule has 27 heavy (non-hydrogen) atoms. The summed E-state index contributed by atoms with van der Waals surface area (Å²) in [6.45, 7) is 4.63. The minimum Gasteiger partial charge on any atom is -0.494 e. The Labute approximate surface area is 161 Å². The molecular formula is C18H21N5O3S. The van der Waals surface area contributed by atoms with Crippen LogP contribution in [0.15, 0.2) is 28.8 Å². The molecule has 0 radical (unpaired) electrons. The van der Waals surface area contributed by atoms with E-state index in [1.165, 1.54) is 11.3 Å². The largest absolute Gasteiger partial charge is 0.494 e. The summed E-state index contributed by atoms with van der Waals surface area (Å²) in [5.74, 6) is 1.54. The minimum absolute atomic E-state index is 0.157. The highest BCUT2D eigenvalue weighted by atomic mass is 32.1. The first-order chi connectivity index (χ1) is 13.2. The number of rotatable bonds is 9. The van der Waals surface area contributed by atoms with Crippen molar-refractivity contribution in [2.45, 2.75) is 39.5 Å². The molecule has 0 saturated heterocycles. The number of hydrogen-bond acceptors (Lipinski definition) is 8. The van der Waals surface area contributed by atoms with Crippen molar-refractivity contribution < 1.29 is 14.1 Å². The standard InChI is InChI=1S/C18H21N5O3S/c1-3-5-16-21-22-18(27-16)19-14(24)10-11-15-20-17(23-26-15)12-6-8-13(9-7-12)25-4-2/h6-9H,3-5,10-11H2,1-2H3,(H,19,22,24). The normalized spacial score (nSPS) is 10.7. The number of hydrogen-bond donors (Lipinski definition) is 1. The lowest BCUT2D eigenvalue weighted by atomic mass is 10.2. The molecule has 9 heteroatoms. The number of nitrogens with zero attached hydrogens (tertiary/aromatic N) is 4. The van der Waals surface area contributed by atoms with Crippen molar-refractivity contribution in [2.24, 2.45) is 0 Å². The molecule has 0 aliphatic rings. The van der Waals surface area contributed by atoms with E-state index in [9.17, 15) is 4.79 Å². The van der Waals surface area contributed by atoms with Gasteiger partial charge in [-0.2, -0.15) is 4.98 Å². The fraction of sp³-hybridized carbons (Fsp3) is 0.389. The quantitative estimate of drug-likeness (QED) is 0.599. The van der Waals surface area contributed by atoms with Crippen molar-refractivity contribution in [3.8, 4) is 17.1 Å². The lowest BCUT2D eigenvalue weighted by Gasteiger charge is -2.02. The number of anilines is 1. The number of ether oxygens (including phenoxy) is 1. The van der Waals surface area contributed by atoms with Gasteiger partial charge < -0.3 is 14.6 Å². The molecule has 0 fully saturated rings. The third kappa shape index (κ3) is 5.33. The van der Waals surface area contributed by atoms with Gasteiger partial charge in [0.2, 0.25) is 22.8 Å². The van der Waals surface area contributed by atoms with Crippen LogP contribution >= 0.6 is 11.3 Å². The Bertz CT molecular complexity index is 875. The van der Waals surface area contributed by atoms with E-state index in [0.717, 1.165) is 29.2 Å². The summed E-state index contributed by atoms with van der Waals surface area (Å²) in [7, 11) is 0. The molecule has 0 bridgehead atoms. The Morgan fingerprint density at radius 1 is 1.19 bits per heavy atom. The third-order valence-corrected chi connectivity index (χ3v) is 4.53. The molecule has 142 valence electrons. The predicted octanol–water partition coefficient (Wildman–Crippen LogP) is 3.51. The van der Waals surface area contributed by atoms with Gasteiger partial charge in [-0.3, -0.25) is 4.79 Å². The van der Waals surface area contributed by atoms with Gasteiger partial charge in [0.05, 0.1) is 6.61 Å². The van der Waals surface area contributed by atoms with Gasteiger partial charge in [0.1, 0.15) is 10.8 Å². The van der Waals surface area contributed by atoms with Crippen LogP contribution in [0.2, 0.25) is 0 Å². The number of aromatic nitrogens is 4. The lowest BCUT2D eigenvalue weighted by Crippen LogP contribution is -2.12. The maximum atomic E-state index is 12.1. The fourth-order valence-corrected chi connectivity index (χ4v) is 3.22. The second kappa shape index (κ2) is 9.22. The van der Waals surface area contributed by atoms with Gasteiger partial charge in [-0.15, -0.1) is 10.2 Å². The number of aryl methyl sites for hydroxylation is 2. The molecule has 3 aromatic rings. The van der Waals surface area contributed by atoms with Gasteiger partial charge in [-0.05, 0) is 37.6 Å². The molecule has 0 aliphatic carbocycles. The van der Waals surface area contributed by atoms with Gasteiger partial charge in [-0.1, -0.05) is 23.4 Å². The molecular weight excluding hydrogens is 366 g/mol. The highest BCUT2D eigenvalue weighted by Crippen LogP contribution is 2.21. The predicted molar refractivity (Wildman–Crippen MR) is 102 cm³/mol. The summed E-state index contributed by atoms with van der Waals surface area (Å²) < 4.78 is 10.6. The molecule has 2 aromatic heterocycles. The molecule has 0 spiro atoms. The molecule has 0 unspecified atom stereocenters. The number of carbonyl (C=O) groups excluding carboxylic acids is 1. The first-order valence-corrected chi connectivity index (χ1v) is 9.67. The zero-order valence-electron chi connectivity index (χ0n) is 15.3. The minimum atomic E-state index is -0.157. The van der Waals surface area contributed by atoms with Crippen LogP contribution in [0.3, 0.4) is 0 Å². The Morgan fingerprint density at radius 3 is 2.74 bits per heavy atom. The first kappa shape index (κ1) is 19.0. The van der Waals surface area contributed by atoms with Crippen molar-refractivity contribution in [1.29, 1.82) is 0 Å². The highest BCUT2D eigenvalue weighted by molar-refractivity contribution is 7.15.